The summed E-state index contributed by atoms with van der Waals surface area (Å²) < 4.78 is 22.3. The van der Waals surface area contributed by atoms with Crippen molar-refractivity contribution in [1.29, 1.82) is 0 Å². The summed E-state index contributed by atoms with van der Waals surface area (Å²) in [5.74, 6) is 2.06. The number of terminal acetylenes is 1. The Morgan fingerprint density at radius 2 is 2.22 bits per heavy atom. The van der Waals surface area contributed by atoms with E-state index in [1.54, 1.807) is 0 Å². The van der Waals surface area contributed by atoms with E-state index >= 15 is 0 Å². The maximum absolute atomic E-state index is 11.4. The number of nitrogens with one attached hydrogen (secondary N) is 2. The molecule has 0 bridgehead atoms. The molecule has 7 heteroatoms. The Labute approximate surface area is 106 Å². The second kappa shape index (κ2) is 6.14. The molecule has 0 aliphatic heterocycles. The fourth-order valence-corrected chi connectivity index (χ4v) is 1.69. The highest BCUT2D eigenvalue weighted by Crippen LogP contribution is 2.09. The minimum Gasteiger partial charge on any atom is -0.324 e. The maximum atomic E-state index is 11.4. The Bertz CT molecular complexity index is 558. The summed E-state index contributed by atoms with van der Waals surface area (Å²) in [6, 6.07) is 2.81. The first-order valence-corrected chi connectivity index (χ1v) is 6.93. The van der Waals surface area contributed by atoms with Gasteiger partial charge in [-0.1, -0.05) is 5.92 Å². The van der Waals surface area contributed by atoms with Crippen LogP contribution in [0.2, 0.25) is 0 Å². The molecule has 96 valence electrons. The van der Waals surface area contributed by atoms with Crippen LogP contribution < -0.4 is 10.6 Å². The Morgan fingerprint density at radius 3 is 2.72 bits per heavy atom. The molecule has 1 heterocycles. The van der Waals surface area contributed by atoms with E-state index in [-0.39, 0.29) is 17.5 Å². The van der Waals surface area contributed by atoms with E-state index in [1.165, 1.54) is 18.3 Å². The topological polar surface area (TPSA) is 88.2 Å². The van der Waals surface area contributed by atoms with Gasteiger partial charge in [-0.3, -0.25) is 10.1 Å². The minimum atomic E-state index is -3.32. The number of carbonyl (C=O) groups excluding carboxylic acids is 1. The summed E-state index contributed by atoms with van der Waals surface area (Å²) in [6.07, 6.45) is 7.37. The molecule has 0 unspecified atom stereocenters. The van der Waals surface area contributed by atoms with Crippen molar-refractivity contribution in [2.24, 2.45) is 0 Å². The number of pyridine rings is 1. The molecule has 0 aliphatic carbocycles. The average Bonchev–Trinajstić information content (AvgIpc) is 2.29. The lowest BCUT2D eigenvalue weighted by Crippen LogP contribution is -2.28. The highest BCUT2D eigenvalue weighted by Gasteiger charge is 2.08. The van der Waals surface area contributed by atoms with E-state index in [2.05, 4.69) is 21.5 Å². The zero-order chi connectivity index (χ0) is 13.6. The van der Waals surface area contributed by atoms with Gasteiger partial charge in [-0.05, 0) is 12.1 Å². The fraction of sp³-hybridized carbons (Fsp3) is 0.273. The van der Waals surface area contributed by atoms with Crippen molar-refractivity contribution in [2.75, 3.05) is 24.7 Å². The van der Waals surface area contributed by atoms with Crippen LogP contribution in [0.15, 0.2) is 23.4 Å². The zero-order valence-electron chi connectivity index (χ0n) is 9.80. The Balaban J connectivity index is 2.59. The first kappa shape index (κ1) is 14.2. The van der Waals surface area contributed by atoms with Crippen molar-refractivity contribution < 1.29 is 13.2 Å². The molecule has 0 aromatic carbocycles. The normalized spacial score (nSPS) is 10.7. The smallest absolute Gasteiger partial charge is 0.238 e. The predicted molar refractivity (Wildman–Crippen MR) is 67.7 cm³/mol. The Morgan fingerprint density at radius 1 is 1.50 bits per heavy atom. The van der Waals surface area contributed by atoms with Gasteiger partial charge in [-0.25, -0.2) is 13.4 Å². The van der Waals surface area contributed by atoms with Gasteiger partial charge in [0.15, 0.2) is 14.9 Å². The van der Waals surface area contributed by atoms with Crippen molar-refractivity contribution in [3.63, 3.8) is 0 Å². The number of hydrogen-bond acceptors (Lipinski definition) is 5. The van der Waals surface area contributed by atoms with Gasteiger partial charge in [0.2, 0.25) is 5.91 Å². The van der Waals surface area contributed by atoms with Gasteiger partial charge in [0.05, 0.1) is 25.0 Å². The van der Waals surface area contributed by atoms with Crippen LogP contribution in [0.5, 0.6) is 0 Å². The quantitative estimate of drug-likeness (QED) is 0.562. The molecule has 0 atom stereocenters. The molecule has 2 N–H and O–H groups in total. The summed E-state index contributed by atoms with van der Waals surface area (Å²) >= 11 is 0. The standard InChI is InChI=1S/C11H13N3O3S/c1-3-6-12-8-10(15)14-9-4-5-11(13-7-9)18(2,16)17/h1,4-5,7,12H,6,8H2,2H3,(H,14,15). The SMILES string of the molecule is C#CCNCC(=O)Nc1ccc(S(C)(=O)=O)nc1. The van der Waals surface area contributed by atoms with E-state index in [0.29, 0.717) is 12.2 Å². The number of hydrogen-bond donors (Lipinski definition) is 2. The van der Waals surface area contributed by atoms with Crippen molar-refractivity contribution in [3.05, 3.63) is 18.3 Å². The van der Waals surface area contributed by atoms with Crippen molar-refractivity contribution in [3.8, 4) is 12.3 Å². The van der Waals surface area contributed by atoms with Crippen LogP contribution in [0.1, 0.15) is 0 Å². The molecule has 0 spiro atoms. The number of aromatic nitrogens is 1. The van der Waals surface area contributed by atoms with Crippen LogP contribution >= 0.6 is 0 Å². The van der Waals surface area contributed by atoms with Crippen LogP contribution in [0.25, 0.3) is 0 Å². The van der Waals surface area contributed by atoms with Crippen LogP contribution in [0, 0.1) is 12.3 Å². The Hall–Kier alpha value is -1.91. The first-order valence-electron chi connectivity index (χ1n) is 5.03. The Kier molecular flexibility index (Phi) is 4.83. The molecule has 1 aromatic heterocycles. The van der Waals surface area contributed by atoms with E-state index < -0.39 is 9.84 Å². The molecule has 0 fully saturated rings. The molecule has 0 radical (unpaired) electrons. The van der Waals surface area contributed by atoms with E-state index in [1.807, 2.05) is 0 Å². The summed E-state index contributed by atoms with van der Waals surface area (Å²) in [4.78, 5) is 15.1. The lowest BCUT2D eigenvalue weighted by molar-refractivity contribution is -0.115. The van der Waals surface area contributed by atoms with Gasteiger partial charge in [0, 0.05) is 6.26 Å². The summed E-state index contributed by atoms with van der Waals surface area (Å²) in [5, 5.41) is 5.24. The lowest BCUT2D eigenvalue weighted by atomic mass is 10.4. The summed E-state index contributed by atoms with van der Waals surface area (Å²) in [6.45, 7) is 0.386. The summed E-state index contributed by atoms with van der Waals surface area (Å²) in [7, 11) is -3.32. The van der Waals surface area contributed by atoms with Gasteiger partial charge >= 0.3 is 0 Å². The van der Waals surface area contributed by atoms with E-state index in [0.717, 1.165) is 6.26 Å². The first-order chi connectivity index (χ1) is 8.43. The molecule has 0 aliphatic rings. The highest BCUT2D eigenvalue weighted by molar-refractivity contribution is 7.90. The number of amides is 1. The number of nitrogens with zero attached hydrogens (tertiary/aromatic N) is 1. The third-order valence-corrected chi connectivity index (χ3v) is 2.91. The van der Waals surface area contributed by atoms with Crippen molar-refractivity contribution in [2.45, 2.75) is 5.03 Å². The van der Waals surface area contributed by atoms with Crippen LogP contribution in [-0.4, -0.2) is 38.7 Å². The third kappa shape index (κ3) is 4.53. The highest BCUT2D eigenvalue weighted by atomic mass is 32.2. The molecule has 18 heavy (non-hydrogen) atoms. The molecular formula is C11H13N3O3S. The number of sulfone groups is 1. The maximum Gasteiger partial charge on any atom is 0.238 e. The number of rotatable bonds is 5. The number of carbonyl (C=O) groups is 1. The predicted octanol–water partition coefficient (Wildman–Crippen LogP) is -0.354. The van der Waals surface area contributed by atoms with E-state index in [4.69, 9.17) is 6.42 Å². The molecule has 1 amide bonds. The lowest BCUT2D eigenvalue weighted by Gasteiger charge is -2.05. The largest absolute Gasteiger partial charge is 0.324 e. The van der Waals surface area contributed by atoms with Crippen LogP contribution in [0.3, 0.4) is 0 Å². The molecule has 0 saturated heterocycles. The van der Waals surface area contributed by atoms with Crippen LogP contribution in [-0.2, 0) is 14.6 Å². The van der Waals surface area contributed by atoms with E-state index in [9.17, 15) is 13.2 Å². The molecule has 0 saturated carbocycles. The van der Waals surface area contributed by atoms with Gasteiger partial charge < -0.3 is 5.32 Å². The van der Waals surface area contributed by atoms with Crippen molar-refractivity contribution >= 4 is 21.4 Å². The third-order valence-electron chi connectivity index (χ3n) is 1.91. The van der Waals surface area contributed by atoms with Gasteiger partial charge in [0.1, 0.15) is 0 Å². The second-order valence-corrected chi connectivity index (χ2v) is 5.48. The van der Waals surface area contributed by atoms with Crippen molar-refractivity contribution in [1.82, 2.24) is 10.3 Å². The van der Waals surface area contributed by atoms with Crippen LogP contribution in [0.4, 0.5) is 5.69 Å². The molecule has 1 aromatic rings. The zero-order valence-corrected chi connectivity index (χ0v) is 10.6. The molecule has 1 rings (SSSR count). The average molecular weight is 267 g/mol. The van der Waals surface area contributed by atoms with Gasteiger partial charge in [-0.2, -0.15) is 0 Å². The molecule has 6 nitrogen and oxygen atoms in total. The molecular weight excluding hydrogens is 254 g/mol. The van der Waals surface area contributed by atoms with Gasteiger partial charge in [0.25, 0.3) is 0 Å². The number of anilines is 1. The van der Waals surface area contributed by atoms with Gasteiger partial charge in [-0.15, -0.1) is 6.42 Å². The fourth-order valence-electron chi connectivity index (χ4n) is 1.13. The second-order valence-electron chi connectivity index (χ2n) is 3.51. The summed E-state index contributed by atoms with van der Waals surface area (Å²) in [5.41, 5.74) is 0.426. The monoisotopic (exact) mass is 267 g/mol. The minimum absolute atomic E-state index is 0.0362.